The smallest absolute Gasteiger partial charge is 0.190 e. The van der Waals surface area contributed by atoms with E-state index in [4.69, 9.17) is 0 Å². The summed E-state index contributed by atoms with van der Waals surface area (Å²) in [6, 6.07) is 8.70. The molecule has 1 aromatic heterocycles. The monoisotopic (exact) mass is 320 g/mol. The summed E-state index contributed by atoms with van der Waals surface area (Å²) in [5, 5.41) is 4.08. The zero-order chi connectivity index (χ0) is 14.0. The van der Waals surface area contributed by atoms with Crippen LogP contribution in [0.2, 0.25) is 0 Å². The van der Waals surface area contributed by atoms with Crippen molar-refractivity contribution in [3.8, 4) is 0 Å². The zero-order valence-corrected chi connectivity index (χ0v) is 12.3. The Morgan fingerprint density at radius 1 is 1.26 bits per heavy atom. The number of ketones is 2. The first-order valence-electron chi connectivity index (χ1n) is 5.80. The maximum Gasteiger partial charge on any atom is 0.190 e. The molecule has 4 nitrogen and oxygen atoms in total. The second kappa shape index (κ2) is 5.48. The summed E-state index contributed by atoms with van der Waals surface area (Å²) in [6.45, 7) is 1.86. The third-order valence-corrected chi connectivity index (χ3v) is 3.36. The molecule has 5 heteroatoms. The Morgan fingerprint density at radius 3 is 2.58 bits per heavy atom. The van der Waals surface area contributed by atoms with Crippen LogP contribution in [0.15, 0.2) is 34.8 Å². The van der Waals surface area contributed by atoms with E-state index in [0.29, 0.717) is 11.3 Å². The van der Waals surface area contributed by atoms with Crippen LogP contribution in [0.3, 0.4) is 0 Å². The van der Waals surface area contributed by atoms with Crippen molar-refractivity contribution in [1.82, 2.24) is 9.78 Å². The molecule has 0 radical (unpaired) electrons. The molecule has 0 bridgehead atoms. The molecule has 19 heavy (non-hydrogen) atoms. The Hall–Kier alpha value is -1.75. The van der Waals surface area contributed by atoms with Gasteiger partial charge in [-0.3, -0.25) is 14.3 Å². The highest BCUT2D eigenvalue weighted by molar-refractivity contribution is 9.10. The summed E-state index contributed by atoms with van der Waals surface area (Å²) < 4.78 is 2.44. The maximum absolute atomic E-state index is 12.0. The molecule has 0 saturated heterocycles. The molecule has 2 aromatic rings. The van der Waals surface area contributed by atoms with E-state index in [9.17, 15) is 9.59 Å². The third-order valence-electron chi connectivity index (χ3n) is 2.87. The molecule has 1 aromatic carbocycles. The molecule has 0 unspecified atom stereocenters. The van der Waals surface area contributed by atoms with Crippen molar-refractivity contribution in [3.63, 3.8) is 0 Å². The van der Waals surface area contributed by atoms with Crippen molar-refractivity contribution < 1.29 is 9.59 Å². The highest BCUT2D eigenvalue weighted by Gasteiger charge is 2.16. The topological polar surface area (TPSA) is 52.0 Å². The van der Waals surface area contributed by atoms with Gasteiger partial charge in [0.15, 0.2) is 11.6 Å². The fourth-order valence-electron chi connectivity index (χ4n) is 1.70. The number of carbonyl (C=O) groups is 2. The number of Topliss-reactive ketones (excluding diaryl/α,β-unsaturated/α-hetero) is 2. The van der Waals surface area contributed by atoms with Gasteiger partial charge in [-0.05, 0) is 25.1 Å². The molecule has 0 saturated carbocycles. The fourth-order valence-corrected chi connectivity index (χ4v) is 2.10. The van der Waals surface area contributed by atoms with Crippen LogP contribution in [-0.2, 0) is 7.05 Å². The number of aromatic nitrogens is 2. The molecule has 0 amide bonds. The molecular formula is C14H13BrN2O2. The standard InChI is InChI=1S/C14H13BrN2O2/c1-9-6-12(16-17(9)2)14(19)8-13(18)10-4-3-5-11(15)7-10/h3-7H,8H2,1-2H3. The number of nitrogens with zero attached hydrogens (tertiary/aromatic N) is 2. The van der Waals surface area contributed by atoms with Crippen LogP contribution < -0.4 is 0 Å². The lowest BCUT2D eigenvalue weighted by Gasteiger charge is -2.00. The first-order valence-corrected chi connectivity index (χ1v) is 6.59. The number of benzene rings is 1. The Bertz CT molecular complexity index is 627. The van der Waals surface area contributed by atoms with E-state index in [1.165, 1.54) is 0 Å². The van der Waals surface area contributed by atoms with Crippen LogP contribution in [0.1, 0.15) is 33.0 Å². The Balaban J connectivity index is 2.13. The van der Waals surface area contributed by atoms with Crippen LogP contribution in [0.5, 0.6) is 0 Å². The summed E-state index contributed by atoms with van der Waals surface area (Å²) in [5.74, 6) is -0.455. The van der Waals surface area contributed by atoms with Crippen molar-refractivity contribution in [1.29, 1.82) is 0 Å². The molecule has 0 aliphatic heterocycles. The molecule has 0 aliphatic carbocycles. The van der Waals surface area contributed by atoms with E-state index in [-0.39, 0.29) is 18.0 Å². The van der Waals surface area contributed by atoms with Crippen LogP contribution in [-0.4, -0.2) is 21.3 Å². The number of hydrogen-bond donors (Lipinski definition) is 0. The number of aryl methyl sites for hydroxylation is 2. The van der Waals surface area contributed by atoms with Crippen molar-refractivity contribution in [2.24, 2.45) is 7.05 Å². The van der Waals surface area contributed by atoms with Gasteiger partial charge in [-0.2, -0.15) is 5.10 Å². The van der Waals surface area contributed by atoms with Gasteiger partial charge in [0, 0.05) is 22.8 Å². The molecule has 0 aliphatic rings. The summed E-state index contributed by atoms with van der Waals surface area (Å²) in [7, 11) is 1.77. The van der Waals surface area contributed by atoms with Gasteiger partial charge in [-0.25, -0.2) is 0 Å². The quantitative estimate of drug-likeness (QED) is 0.643. The molecular weight excluding hydrogens is 308 g/mol. The molecule has 2 rings (SSSR count). The largest absolute Gasteiger partial charge is 0.294 e. The average Bonchev–Trinajstić information content (AvgIpc) is 2.69. The Kier molecular flexibility index (Phi) is 3.95. The summed E-state index contributed by atoms with van der Waals surface area (Å²) in [6.07, 6.45) is -0.160. The van der Waals surface area contributed by atoms with Crippen molar-refractivity contribution >= 4 is 27.5 Å². The van der Waals surface area contributed by atoms with Crippen molar-refractivity contribution in [2.75, 3.05) is 0 Å². The minimum atomic E-state index is -0.256. The van der Waals surface area contributed by atoms with Gasteiger partial charge < -0.3 is 0 Å². The molecule has 0 fully saturated rings. The second-order valence-corrected chi connectivity index (χ2v) is 5.24. The molecule has 0 spiro atoms. The third kappa shape index (κ3) is 3.17. The minimum absolute atomic E-state index is 0.160. The number of rotatable bonds is 4. The van der Waals surface area contributed by atoms with Gasteiger partial charge in [0.05, 0.1) is 6.42 Å². The van der Waals surface area contributed by atoms with Crippen molar-refractivity contribution in [2.45, 2.75) is 13.3 Å². The van der Waals surface area contributed by atoms with E-state index in [1.54, 1.807) is 36.0 Å². The van der Waals surface area contributed by atoms with Gasteiger partial charge >= 0.3 is 0 Å². The lowest BCUT2D eigenvalue weighted by Crippen LogP contribution is -2.09. The Morgan fingerprint density at radius 2 is 2.00 bits per heavy atom. The van der Waals surface area contributed by atoms with Crippen LogP contribution in [0.4, 0.5) is 0 Å². The SMILES string of the molecule is Cc1cc(C(=O)CC(=O)c2cccc(Br)c2)nn1C. The van der Waals surface area contributed by atoms with Gasteiger partial charge in [0.1, 0.15) is 5.69 Å². The van der Waals surface area contributed by atoms with Gasteiger partial charge in [-0.15, -0.1) is 0 Å². The van der Waals surface area contributed by atoms with Crippen LogP contribution >= 0.6 is 15.9 Å². The van der Waals surface area contributed by atoms with Crippen molar-refractivity contribution in [3.05, 3.63) is 51.8 Å². The first-order chi connectivity index (χ1) is 8.97. The van der Waals surface area contributed by atoms with E-state index < -0.39 is 0 Å². The van der Waals surface area contributed by atoms with Crippen LogP contribution in [0.25, 0.3) is 0 Å². The summed E-state index contributed by atoms with van der Waals surface area (Å²) >= 11 is 3.30. The fraction of sp³-hybridized carbons (Fsp3) is 0.214. The zero-order valence-electron chi connectivity index (χ0n) is 10.7. The number of halogens is 1. The Labute approximate surface area is 119 Å². The van der Waals surface area contributed by atoms with E-state index >= 15 is 0 Å². The summed E-state index contributed by atoms with van der Waals surface area (Å²) in [5.41, 5.74) is 1.75. The summed E-state index contributed by atoms with van der Waals surface area (Å²) in [4.78, 5) is 24.0. The normalized spacial score (nSPS) is 10.5. The molecule has 98 valence electrons. The van der Waals surface area contributed by atoms with Crippen LogP contribution in [0, 0.1) is 6.92 Å². The van der Waals surface area contributed by atoms with Gasteiger partial charge in [-0.1, -0.05) is 28.1 Å². The second-order valence-electron chi connectivity index (χ2n) is 4.33. The van der Waals surface area contributed by atoms with Gasteiger partial charge in [0.25, 0.3) is 0 Å². The predicted octanol–water partition coefficient (Wildman–Crippen LogP) is 2.95. The molecule has 0 atom stereocenters. The van der Waals surface area contributed by atoms with E-state index in [0.717, 1.165) is 10.2 Å². The number of carbonyl (C=O) groups excluding carboxylic acids is 2. The van der Waals surface area contributed by atoms with E-state index in [1.807, 2.05) is 13.0 Å². The average molecular weight is 321 g/mol. The lowest BCUT2D eigenvalue weighted by molar-refractivity contribution is 0.0891. The number of hydrogen-bond acceptors (Lipinski definition) is 3. The van der Waals surface area contributed by atoms with E-state index in [2.05, 4.69) is 21.0 Å². The van der Waals surface area contributed by atoms with Gasteiger partial charge in [0.2, 0.25) is 0 Å². The maximum atomic E-state index is 12.0. The minimum Gasteiger partial charge on any atom is -0.294 e. The first kappa shape index (κ1) is 13.7. The highest BCUT2D eigenvalue weighted by atomic mass is 79.9. The molecule has 0 N–H and O–H groups in total. The predicted molar refractivity (Wildman–Crippen MR) is 75.4 cm³/mol. The lowest BCUT2D eigenvalue weighted by atomic mass is 10.0. The highest BCUT2D eigenvalue weighted by Crippen LogP contribution is 2.14. The molecule has 1 heterocycles.